The number of benzene rings is 2. The maximum absolute atomic E-state index is 13.5. The predicted molar refractivity (Wildman–Crippen MR) is 119 cm³/mol. The minimum atomic E-state index is -0.303. The molecular formula is C23H19FN2OS2. The van der Waals surface area contributed by atoms with E-state index in [1.807, 2.05) is 0 Å². The summed E-state index contributed by atoms with van der Waals surface area (Å²) >= 11 is 2.98. The number of carbonyl (C=O) groups excluding carboxylic acids is 1. The fourth-order valence-corrected chi connectivity index (χ4v) is 5.19. The van der Waals surface area contributed by atoms with Crippen molar-refractivity contribution < 1.29 is 9.18 Å². The zero-order chi connectivity index (χ0) is 20.5. The minimum absolute atomic E-state index is 0.0480. The lowest BCUT2D eigenvalue weighted by Crippen LogP contribution is -2.04. The average molecular weight is 423 g/mol. The maximum atomic E-state index is 13.5. The molecule has 0 fully saturated rings. The molecule has 0 aliphatic heterocycles. The Labute approximate surface area is 177 Å². The first kappa shape index (κ1) is 19.7. The van der Waals surface area contributed by atoms with Crippen molar-refractivity contribution in [2.75, 3.05) is 5.75 Å². The molecule has 0 atom stereocenters. The van der Waals surface area contributed by atoms with Crippen LogP contribution in [0.4, 0.5) is 4.39 Å². The van der Waals surface area contributed by atoms with E-state index in [0.717, 1.165) is 26.4 Å². The van der Waals surface area contributed by atoms with E-state index in [0.29, 0.717) is 11.1 Å². The fraction of sp³-hybridized carbons (Fsp3) is 0.174. The molecular weight excluding hydrogens is 403 g/mol. The Morgan fingerprint density at radius 2 is 1.86 bits per heavy atom. The number of aryl methyl sites for hydroxylation is 3. The zero-order valence-corrected chi connectivity index (χ0v) is 18.0. The monoisotopic (exact) mass is 422 g/mol. The molecule has 3 nitrogen and oxygen atoms in total. The van der Waals surface area contributed by atoms with Gasteiger partial charge in [-0.25, -0.2) is 14.4 Å². The quantitative estimate of drug-likeness (QED) is 0.212. The number of carbonyl (C=O) groups is 1. The summed E-state index contributed by atoms with van der Waals surface area (Å²) in [6.45, 7) is 5.84. The molecule has 6 heteroatoms. The second-order valence-electron chi connectivity index (χ2n) is 7.00. The molecule has 0 radical (unpaired) electrons. The Balaban J connectivity index is 1.66. The van der Waals surface area contributed by atoms with Crippen LogP contribution < -0.4 is 0 Å². The maximum Gasteiger partial charge on any atom is 0.173 e. The first-order valence-electron chi connectivity index (χ1n) is 9.16. The number of rotatable bonds is 5. The molecule has 0 N–H and O–H groups in total. The Kier molecular flexibility index (Phi) is 5.48. The zero-order valence-electron chi connectivity index (χ0n) is 16.3. The van der Waals surface area contributed by atoms with Crippen LogP contribution in [0, 0.1) is 26.6 Å². The highest BCUT2D eigenvalue weighted by Crippen LogP contribution is 2.39. The summed E-state index contributed by atoms with van der Waals surface area (Å²) in [5.41, 5.74) is 5.65. The summed E-state index contributed by atoms with van der Waals surface area (Å²) in [4.78, 5) is 22.4. The van der Waals surface area contributed by atoms with Crippen LogP contribution in [0.1, 0.15) is 27.0 Å². The van der Waals surface area contributed by atoms with E-state index in [-0.39, 0.29) is 17.4 Å². The van der Waals surface area contributed by atoms with Crippen LogP contribution in [0.2, 0.25) is 0 Å². The predicted octanol–water partition coefficient (Wildman–Crippen LogP) is 6.40. The van der Waals surface area contributed by atoms with Crippen molar-refractivity contribution in [3.8, 4) is 11.1 Å². The van der Waals surface area contributed by atoms with Gasteiger partial charge in [0.2, 0.25) is 0 Å². The van der Waals surface area contributed by atoms with Gasteiger partial charge in [0.15, 0.2) is 5.78 Å². The number of fused-ring (bicyclic) bond motifs is 1. The lowest BCUT2D eigenvalue weighted by molar-refractivity contribution is 0.102. The van der Waals surface area contributed by atoms with Gasteiger partial charge in [0.25, 0.3) is 0 Å². The van der Waals surface area contributed by atoms with Gasteiger partial charge in [-0.2, -0.15) is 0 Å². The fourth-order valence-electron chi connectivity index (χ4n) is 3.31. The third-order valence-corrected chi connectivity index (χ3v) is 6.70. The molecule has 0 aliphatic carbocycles. The second-order valence-corrected chi connectivity index (χ2v) is 8.82. The number of aromatic nitrogens is 2. The average Bonchev–Trinajstić information content (AvgIpc) is 3.13. The summed E-state index contributed by atoms with van der Waals surface area (Å²) in [5.74, 6) is -0.115. The standard InChI is InChI=1S/C23H19FN2OS2/c1-13-4-6-17(14(2)8-13)18-10-28-22-21(18)23(26-12-25-22)29-11-20(27)16-5-7-19(24)15(3)9-16/h4-10,12H,11H2,1-3H3. The van der Waals surface area contributed by atoms with Gasteiger partial charge in [-0.15, -0.1) is 11.3 Å². The van der Waals surface area contributed by atoms with Crippen LogP contribution in [0.5, 0.6) is 0 Å². The number of thioether (sulfide) groups is 1. The Morgan fingerprint density at radius 1 is 1.03 bits per heavy atom. The molecule has 0 saturated carbocycles. The summed E-state index contributed by atoms with van der Waals surface area (Å²) in [5, 5.41) is 3.88. The molecule has 4 aromatic rings. The number of thiophene rings is 1. The van der Waals surface area contributed by atoms with Crippen LogP contribution in [-0.4, -0.2) is 21.5 Å². The Morgan fingerprint density at radius 3 is 2.62 bits per heavy atom. The van der Waals surface area contributed by atoms with Crippen LogP contribution in [0.25, 0.3) is 21.3 Å². The lowest BCUT2D eigenvalue weighted by atomic mass is 9.99. The number of Topliss-reactive ketones (excluding diaryl/α,β-unsaturated/α-hetero) is 1. The van der Waals surface area contributed by atoms with Crippen molar-refractivity contribution >= 4 is 39.1 Å². The normalized spacial score (nSPS) is 11.2. The van der Waals surface area contributed by atoms with Gasteiger partial charge in [-0.1, -0.05) is 35.5 Å². The van der Waals surface area contributed by atoms with Crippen molar-refractivity contribution in [2.45, 2.75) is 25.8 Å². The molecule has 29 heavy (non-hydrogen) atoms. The number of ketones is 1. The molecule has 0 spiro atoms. The van der Waals surface area contributed by atoms with Gasteiger partial charge >= 0.3 is 0 Å². The van der Waals surface area contributed by atoms with E-state index >= 15 is 0 Å². The SMILES string of the molecule is Cc1ccc(-c2csc3ncnc(SCC(=O)c4ccc(F)c(C)c4)c23)c(C)c1. The topological polar surface area (TPSA) is 42.9 Å². The first-order chi connectivity index (χ1) is 13.9. The Hall–Kier alpha value is -2.57. The molecule has 0 aliphatic rings. The van der Waals surface area contributed by atoms with Crippen molar-refractivity contribution in [3.63, 3.8) is 0 Å². The van der Waals surface area contributed by atoms with E-state index in [1.54, 1.807) is 30.7 Å². The van der Waals surface area contributed by atoms with E-state index in [4.69, 9.17) is 0 Å². The molecule has 2 heterocycles. The number of hydrogen-bond acceptors (Lipinski definition) is 5. The van der Waals surface area contributed by atoms with Gasteiger partial charge in [-0.05, 0) is 55.7 Å². The molecule has 2 aromatic heterocycles. The van der Waals surface area contributed by atoms with Gasteiger partial charge in [0, 0.05) is 16.5 Å². The summed E-state index contributed by atoms with van der Waals surface area (Å²) < 4.78 is 13.5. The van der Waals surface area contributed by atoms with Gasteiger partial charge in [0.05, 0.1) is 11.1 Å². The molecule has 0 bridgehead atoms. The second kappa shape index (κ2) is 8.05. The largest absolute Gasteiger partial charge is 0.293 e. The third kappa shape index (κ3) is 3.95. The minimum Gasteiger partial charge on any atom is -0.293 e. The lowest BCUT2D eigenvalue weighted by Gasteiger charge is -2.08. The van der Waals surface area contributed by atoms with Crippen molar-refractivity contribution in [3.05, 3.63) is 76.2 Å². The number of nitrogens with zero attached hydrogens (tertiary/aromatic N) is 2. The van der Waals surface area contributed by atoms with E-state index in [9.17, 15) is 9.18 Å². The van der Waals surface area contributed by atoms with Crippen molar-refractivity contribution in [2.24, 2.45) is 0 Å². The summed E-state index contributed by atoms with van der Waals surface area (Å²) in [7, 11) is 0. The highest BCUT2D eigenvalue weighted by Gasteiger charge is 2.17. The molecule has 2 aromatic carbocycles. The Bertz CT molecular complexity index is 1230. The van der Waals surface area contributed by atoms with Gasteiger partial charge < -0.3 is 0 Å². The molecule has 0 amide bonds. The van der Waals surface area contributed by atoms with E-state index < -0.39 is 0 Å². The summed E-state index contributed by atoms with van der Waals surface area (Å²) in [6, 6.07) is 10.9. The smallest absolute Gasteiger partial charge is 0.173 e. The number of halogens is 1. The third-order valence-electron chi connectivity index (χ3n) is 4.83. The molecule has 146 valence electrons. The molecule has 4 rings (SSSR count). The van der Waals surface area contributed by atoms with Crippen LogP contribution in [0.15, 0.2) is 53.1 Å². The highest BCUT2D eigenvalue weighted by molar-refractivity contribution is 8.00. The van der Waals surface area contributed by atoms with Crippen molar-refractivity contribution in [1.29, 1.82) is 0 Å². The van der Waals surface area contributed by atoms with E-state index in [2.05, 4.69) is 47.4 Å². The van der Waals surface area contributed by atoms with Gasteiger partial charge in [0.1, 0.15) is 22.0 Å². The van der Waals surface area contributed by atoms with Crippen molar-refractivity contribution in [1.82, 2.24) is 9.97 Å². The van der Waals surface area contributed by atoms with E-state index in [1.165, 1.54) is 35.0 Å². The first-order valence-corrected chi connectivity index (χ1v) is 11.0. The number of hydrogen-bond donors (Lipinski definition) is 0. The highest BCUT2D eigenvalue weighted by atomic mass is 32.2. The molecule has 0 saturated heterocycles. The molecule has 0 unspecified atom stereocenters. The van der Waals surface area contributed by atoms with Crippen LogP contribution in [-0.2, 0) is 0 Å². The van der Waals surface area contributed by atoms with Crippen LogP contribution >= 0.6 is 23.1 Å². The van der Waals surface area contributed by atoms with Gasteiger partial charge in [-0.3, -0.25) is 4.79 Å². The summed E-state index contributed by atoms with van der Waals surface area (Å²) in [6.07, 6.45) is 1.54. The van der Waals surface area contributed by atoms with Crippen LogP contribution in [0.3, 0.4) is 0 Å².